The Hall–Kier alpha value is -3.30. The number of ether oxygens (including phenoxy) is 2. The molecule has 10 nitrogen and oxygen atoms in total. The number of esters is 2. The van der Waals surface area contributed by atoms with E-state index in [0.717, 1.165) is 24.2 Å². The Bertz CT molecular complexity index is 931. The van der Waals surface area contributed by atoms with E-state index in [-0.39, 0.29) is 36.8 Å². The van der Waals surface area contributed by atoms with Gasteiger partial charge in [0, 0.05) is 24.5 Å². The Labute approximate surface area is 225 Å². The van der Waals surface area contributed by atoms with Gasteiger partial charge in [-0.1, -0.05) is 0 Å². The predicted molar refractivity (Wildman–Crippen MR) is 145 cm³/mol. The molecule has 1 aromatic carbocycles. The second-order valence-electron chi connectivity index (χ2n) is 11.8. The highest BCUT2D eigenvalue weighted by Gasteiger charge is 2.37. The summed E-state index contributed by atoms with van der Waals surface area (Å²) in [5.74, 6) is -1.04. The molecule has 2 fully saturated rings. The minimum absolute atomic E-state index is 0.0611. The Kier molecular flexibility index (Phi) is 9.27. The van der Waals surface area contributed by atoms with E-state index in [0.29, 0.717) is 25.9 Å². The number of nitrogens with zero attached hydrogens (tertiary/aromatic N) is 2. The smallest absolute Gasteiger partial charge is 0.329 e. The van der Waals surface area contributed by atoms with Crippen molar-refractivity contribution < 1.29 is 28.7 Å². The molecule has 0 bridgehead atoms. The lowest BCUT2D eigenvalue weighted by Gasteiger charge is -2.27. The maximum absolute atomic E-state index is 12.8. The second-order valence-corrected chi connectivity index (χ2v) is 11.8. The van der Waals surface area contributed by atoms with Crippen LogP contribution in [0.2, 0.25) is 0 Å². The summed E-state index contributed by atoms with van der Waals surface area (Å²) in [5, 5.41) is 6.21. The molecule has 2 heterocycles. The highest BCUT2D eigenvalue weighted by molar-refractivity contribution is 5.88. The van der Waals surface area contributed by atoms with Gasteiger partial charge in [0.05, 0.1) is 13.1 Å². The van der Waals surface area contributed by atoms with Crippen LogP contribution in [0, 0.1) is 0 Å². The minimum atomic E-state index is -0.596. The number of hydrogen-bond donors (Lipinski definition) is 2. The highest BCUT2D eigenvalue weighted by Crippen LogP contribution is 2.23. The van der Waals surface area contributed by atoms with E-state index in [9.17, 15) is 19.2 Å². The largest absolute Gasteiger partial charge is 0.458 e. The normalized spacial score (nSPS) is 19.7. The van der Waals surface area contributed by atoms with Crippen LogP contribution < -0.4 is 10.6 Å². The molecular weight excluding hydrogens is 488 g/mol. The first-order chi connectivity index (χ1) is 17.7. The molecule has 210 valence electrons. The fraction of sp³-hybridized carbons (Fsp3) is 0.643. The van der Waals surface area contributed by atoms with Crippen molar-refractivity contribution in [3.8, 4) is 0 Å². The van der Waals surface area contributed by atoms with Crippen LogP contribution in [-0.4, -0.2) is 83.0 Å². The summed E-state index contributed by atoms with van der Waals surface area (Å²) in [6, 6.07) is 6.17. The predicted octanol–water partition coefficient (Wildman–Crippen LogP) is 3.18. The van der Waals surface area contributed by atoms with Crippen LogP contribution in [0.25, 0.3) is 0 Å². The molecule has 2 aliphatic heterocycles. The van der Waals surface area contributed by atoms with Gasteiger partial charge in [0.2, 0.25) is 11.8 Å². The van der Waals surface area contributed by atoms with Gasteiger partial charge in [0.1, 0.15) is 23.3 Å². The molecule has 2 atom stereocenters. The molecule has 0 aromatic heterocycles. The minimum Gasteiger partial charge on any atom is -0.458 e. The van der Waals surface area contributed by atoms with E-state index in [1.54, 1.807) is 9.80 Å². The van der Waals surface area contributed by atoms with Crippen LogP contribution in [0.4, 0.5) is 11.4 Å². The second kappa shape index (κ2) is 12.0. The van der Waals surface area contributed by atoms with Crippen LogP contribution >= 0.6 is 0 Å². The van der Waals surface area contributed by atoms with Crippen LogP contribution in [0.3, 0.4) is 0 Å². The third-order valence-corrected chi connectivity index (χ3v) is 6.28. The van der Waals surface area contributed by atoms with Crippen LogP contribution in [0.1, 0.15) is 67.2 Å². The summed E-state index contributed by atoms with van der Waals surface area (Å²) in [6.07, 6.45) is 2.75. The van der Waals surface area contributed by atoms with E-state index in [2.05, 4.69) is 10.6 Å². The number of benzene rings is 1. The first-order valence-electron chi connectivity index (χ1n) is 13.4. The molecule has 2 amide bonds. The molecule has 0 saturated carbocycles. The van der Waals surface area contributed by atoms with Crippen molar-refractivity contribution in [2.45, 2.75) is 90.5 Å². The van der Waals surface area contributed by atoms with Crippen LogP contribution in [0.5, 0.6) is 0 Å². The third kappa shape index (κ3) is 8.36. The molecule has 0 aliphatic carbocycles. The van der Waals surface area contributed by atoms with Crippen molar-refractivity contribution in [2.75, 3.05) is 36.8 Å². The summed E-state index contributed by atoms with van der Waals surface area (Å²) in [4.78, 5) is 53.7. The van der Waals surface area contributed by atoms with E-state index in [1.165, 1.54) is 0 Å². The fourth-order valence-corrected chi connectivity index (χ4v) is 4.62. The van der Waals surface area contributed by atoms with Crippen molar-refractivity contribution in [3.63, 3.8) is 0 Å². The maximum atomic E-state index is 12.8. The summed E-state index contributed by atoms with van der Waals surface area (Å²) >= 11 is 0. The van der Waals surface area contributed by atoms with Gasteiger partial charge >= 0.3 is 11.9 Å². The SMILES string of the molecule is CC(C)(C)OC(=O)[C@H]1CCCN1C(=O)CNc1ccc(NCC(=O)N2CCC[C@@H]2C(=O)OC(C)(C)C)cc1. The van der Waals surface area contributed by atoms with Gasteiger partial charge in [-0.05, 0) is 91.5 Å². The molecule has 0 radical (unpaired) electrons. The quantitative estimate of drug-likeness (QED) is 0.492. The molecular formula is C28H42N4O6. The number of rotatable bonds is 8. The monoisotopic (exact) mass is 530 g/mol. The van der Waals surface area contributed by atoms with Crippen LogP contribution in [0.15, 0.2) is 24.3 Å². The lowest BCUT2D eigenvalue weighted by molar-refractivity contribution is -0.163. The van der Waals surface area contributed by atoms with Gasteiger partial charge in [-0.2, -0.15) is 0 Å². The first-order valence-corrected chi connectivity index (χ1v) is 13.4. The number of hydrogen-bond acceptors (Lipinski definition) is 8. The number of likely N-dealkylation sites (tertiary alicyclic amines) is 2. The topological polar surface area (TPSA) is 117 Å². The zero-order valence-corrected chi connectivity index (χ0v) is 23.5. The molecule has 1 aromatic rings. The van der Waals surface area contributed by atoms with E-state index >= 15 is 0 Å². The zero-order chi connectivity index (χ0) is 28.1. The van der Waals surface area contributed by atoms with Gasteiger partial charge in [-0.25, -0.2) is 9.59 Å². The van der Waals surface area contributed by atoms with Crippen molar-refractivity contribution in [3.05, 3.63) is 24.3 Å². The first kappa shape index (κ1) is 29.3. The van der Waals surface area contributed by atoms with E-state index in [1.807, 2.05) is 65.8 Å². The fourth-order valence-electron chi connectivity index (χ4n) is 4.62. The van der Waals surface area contributed by atoms with E-state index in [4.69, 9.17) is 9.47 Å². The lowest BCUT2D eigenvalue weighted by Crippen LogP contribution is -2.45. The highest BCUT2D eigenvalue weighted by atomic mass is 16.6. The van der Waals surface area contributed by atoms with Gasteiger partial charge in [0.25, 0.3) is 0 Å². The van der Waals surface area contributed by atoms with Gasteiger partial charge in [-0.15, -0.1) is 0 Å². The molecule has 2 aliphatic rings. The van der Waals surface area contributed by atoms with Crippen molar-refractivity contribution in [1.82, 2.24) is 9.80 Å². The number of carbonyl (C=O) groups excluding carboxylic acids is 4. The summed E-state index contributed by atoms with van der Waals surface area (Å²) in [5.41, 5.74) is 0.295. The number of anilines is 2. The number of nitrogens with one attached hydrogen (secondary N) is 2. The molecule has 2 saturated heterocycles. The molecule has 38 heavy (non-hydrogen) atoms. The number of carbonyl (C=O) groups is 4. The average Bonchev–Trinajstić information content (AvgIpc) is 3.50. The Morgan fingerprint density at radius 1 is 0.711 bits per heavy atom. The lowest BCUT2D eigenvalue weighted by atomic mass is 10.1. The Balaban J connectivity index is 1.46. The van der Waals surface area contributed by atoms with Crippen molar-refractivity contribution >= 4 is 35.1 Å². The summed E-state index contributed by atoms with van der Waals surface area (Å²) < 4.78 is 11.0. The molecule has 0 spiro atoms. The third-order valence-electron chi connectivity index (χ3n) is 6.28. The Morgan fingerprint density at radius 3 is 1.37 bits per heavy atom. The molecule has 2 N–H and O–H groups in total. The summed E-state index contributed by atoms with van der Waals surface area (Å²) in [7, 11) is 0. The molecule has 0 unspecified atom stereocenters. The maximum Gasteiger partial charge on any atom is 0.329 e. The van der Waals surface area contributed by atoms with Gasteiger partial charge in [-0.3, -0.25) is 9.59 Å². The van der Waals surface area contributed by atoms with Gasteiger partial charge in [0.15, 0.2) is 0 Å². The standard InChI is InChI=1S/C28H42N4O6/c1-27(2,3)37-25(35)21-9-7-15-31(21)23(33)17-29-19-11-13-20(14-12-19)30-18-24(34)32-16-8-10-22(32)26(36)38-28(4,5)6/h11-14,21-22,29-30H,7-10,15-18H2,1-6H3/t21-,22-/m1/s1. The number of amides is 2. The van der Waals surface area contributed by atoms with E-state index < -0.39 is 23.3 Å². The zero-order valence-electron chi connectivity index (χ0n) is 23.5. The van der Waals surface area contributed by atoms with Crippen LogP contribution in [-0.2, 0) is 28.7 Å². The van der Waals surface area contributed by atoms with Crippen molar-refractivity contribution in [2.24, 2.45) is 0 Å². The average molecular weight is 531 g/mol. The van der Waals surface area contributed by atoms with Gasteiger partial charge < -0.3 is 29.9 Å². The molecule has 3 rings (SSSR count). The summed E-state index contributed by atoms with van der Waals surface area (Å²) in [6.45, 7) is 12.1. The van der Waals surface area contributed by atoms with Crippen molar-refractivity contribution in [1.29, 1.82) is 0 Å². The Morgan fingerprint density at radius 2 is 1.05 bits per heavy atom. The molecule has 10 heteroatoms.